The van der Waals surface area contributed by atoms with Crippen molar-refractivity contribution in [3.05, 3.63) is 277 Å². The van der Waals surface area contributed by atoms with Crippen LogP contribution in [0, 0.1) is 10.1 Å². The fourth-order valence-corrected chi connectivity index (χ4v) is 10.6. The van der Waals surface area contributed by atoms with Crippen LogP contribution in [0.5, 0.6) is 0 Å². The first-order chi connectivity index (χ1) is 35.7. The third-order valence-electron chi connectivity index (χ3n) is 13.1. The number of amides is 2. The number of hydrogen-bond donors (Lipinski definition) is 2. The average Bonchev–Trinajstić information content (AvgIpc) is 3.91. The van der Waals surface area contributed by atoms with Gasteiger partial charge < -0.3 is 20.2 Å². The van der Waals surface area contributed by atoms with Gasteiger partial charge in [0.15, 0.2) is 10.8 Å². The zero-order chi connectivity index (χ0) is 50.4. The van der Waals surface area contributed by atoms with Crippen molar-refractivity contribution in [1.82, 2.24) is 15.2 Å². The zero-order valence-corrected chi connectivity index (χ0v) is 40.5. The molecule has 2 amide bonds. The van der Waals surface area contributed by atoms with Crippen LogP contribution in [0.25, 0.3) is 0 Å². The summed E-state index contributed by atoms with van der Waals surface area (Å²) in [5.74, 6) is -2.17. The number of oxime groups is 1. The molecule has 2 aliphatic rings. The van der Waals surface area contributed by atoms with Crippen LogP contribution in [0.2, 0.25) is 0 Å². The number of nitrogens with zero attached hydrogens (tertiary/aromatic N) is 4. The van der Waals surface area contributed by atoms with Gasteiger partial charge in [-0.05, 0) is 47.2 Å². The van der Waals surface area contributed by atoms with Gasteiger partial charge in [-0.3, -0.25) is 24.6 Å². The number of aromatic nitrogens is 1. The summed E-state index contributed by atoms with van der Waals surface area (Å²) in [6.07, 6.45) is 0.567. The third-order valence-corrected chi connectivity index (χ3v) is 14.2. The summed E-state index contributed by atoms with van der Waals surface area (Å²) in [6, 6.07) is 62.8. The molecule has 0 radical (unpaired) electrons. The van der Waals surface area contributed by atoms with Crippen LogP contribution in [-0.4, -0.2) is 50.4 Å². The summed E-state index contributed by atoms with van der Waals surface area (Å²) in [7, 11) is 0. The lowest BCUT2D eigenvalue weighted by Gasteiger charge is -2.49. The van der Waals surface area contributed by atoms with Gasteiger partial charge in [0, 0.05) is 39.2 Å². The van der Waals surface area contributed by atoms with E-state index in [4.69, 9.17) is 31.3 Å². The van der Waals surface area contributed by atoms with Crippen molar-refractivity contribution in [2.24, 2.45) is 5.16 Å². The molecule has 0 saturated carbocycles. The topological polar surface area (TPSA) is 165 Å². The number of anilines is 1. The molecule has 362 valence electrons. The standard InChI is InChI=1S/C58H45ClN6O7S/c59-47-35-36-49-51(54(67)64(49)52(47)55(68)71-37-39-31-33-46(34-32-39)65(69)70)61-53(66)50(63-72-58(43-25-13-4-14-26-43,44-27-15-5-16-28-44)45-29-17-6-18-30-45)48-38-73-56(60-48)62-57(40-19-7-1-8-20-40,41-21-9-2-10-22-41)42-23-11-3-12-24-42/h1-34,38,49,51H,35-37H2,(H,60,62)(H,61,66)/b63-50-/t49-,51+/m1/s1. The summed E-state index contributed by atoms with van der Waals surface area (Å²) in [4.78, 5) is 66.9. The molecule has 73 heavy (non-hydrogen) atoms. The van der Waals surface area contributed by atoms with Crippen LogP contribution >= 0.6 is 22.9 Å². The Bertz CT molecular complexity index is 3140. The van der Waals surface area contributed by atoms with E-state index < -0.39 is 45.9 Å². The van der Waals surface area contributed by atoms with Gasteiger partial charge in [0.25, 0.3) is 17.5 Å². The molecule has 0 unspecified atom stereocenters. The van der Waals surface area contributed by atoms with E-state index in [9.17, 15) is 19.7 Å². The van der Waals surface area contributed by atoms with E-state index in [2.05, 4.69) is 47.0 Å². The Morgan fingerprint density at radius 1 is 0.712 bits per heavy atom. The number of allylic oxidation sites excluding steroid dienone is 1. The van der Waals surface area contributed by atoms with Gasteiger partial charge in [0.05, 0.1) is 11.0 Å². The molecule has 2 atom stereocenters. The van der Waals surface area contributed by atoms with Gasteiger partial charge in [0.1, 0.15) is 29.6 Å². The average molecular weight is 1010 g/mol. The van der Waals surface area contributed by atoms with E-state index in [0.29, 0.717) is 17.1 Å². The largest absolute Gasteiger partial charge is 0.456 e. The number of nitrogens with one attached hydrogen (secondary N) is 2. The van der Waals surface area contributed by atoms with Crippen molar-refractivity contribution >= 4 is 57.3 Å². The number of carbonyl (C=O) groups is 3. The second-order valence-corrected chi connectivity index (χ2v) is 18.7. The smallest absolute Gasteiger partial charge is 0.356 e. The number of β-lactam (4-membered cyclic amide) rings is 1. The molecule has 10 rings (SSSR count). The predicted octanol–water partition coefficient (Wildman–Crippen LogP) is 10.9. The van der Waals surface area contributed by atoms with Crippen molar-refractivity contribution in [2.45, 2.75) is 42.7 Å². The molecule has 7 aromatic carbocycles. The van der Waals surface area contributed by atoms with Crippen LogP contribution in [0.15, 0.2) is 228 Å². The van der Waals surface area contributed by atoms with Crippen LogP contribution in [0.3, 0.4) is 0 Å². The Kier molecular flexibility index (Phi) is 13.7. The van der Waals surface area contributed by atoms with E-state index in [1.807, 2.05) is 146 Å². The maximum absolute atomic E-state index is 15.1. The molecular weight excluding hydrogens is 960 g/mol. The van der Waals surface area contributed by atoms with Crippen molar-refractivity contribution in [3.8, 4) is 0 Å². The number of hydrogen-bond acceptors (Lipinski definition) is 11. The van der Waals surface area contributed by atoms with E-state index in [-0.39, 0.29) is 40.9 Å². The molecule has 3 heterocycles. The summed E-state index contributed by atoms with van der Waals surface area (Å²) < 4.78 is 5.57. The summed E-state index contributed by atoms with van der Waals surface area (Å²) in [5.41, 5.74) is 2.94. The molecule has 1 fully saturated rings. The lowest BCUT2D eigenvalue weighted by atomic mass is 9.77. The number of benzene rings is 7. The van der Waals surface area contributed by atoms with Crippen LogP contribution < -0.4 is 10.6 Å². The van der Waals surface area contributed by atoms with Crippen LogP contribution in [0.1, 0.15) is 57.5 Å². The number of carbonyl (C=O) groups excluding carboxylic acids is 3. The second-order valence-electron chi connectivity index (χ2n) is 17.3. The fraction of sp³-hybridized carbons (Fsp3) is 0.121. The van der Waals surface area contributed by atoms with Gasteiger partial charge >= 0.3 is 5.97 Å². The lowest BCUT2D eigenvalue weighted by Crippen LogP contribution is -2.72. The molecule has 0 bridgehead atoms. The quantitative estimate of drug-likeness (QED) is 0.0225. The second kappa shape index (κ2) is 20.9. The number of halogens is 1. The molecule has 1 aromatic heterocycles. The first kappa shape index (κ1) is 47.9. The zero-order valence-electron chi connectivity index (χ0n) is 38.9. The van der Waals surface area contributed by atoms with Gasteiger partial charge in [-0.1, -0.05) is 199 Å². The van der Waals surface area contributed by atoms with E-state index in [1.165, 1.54) is 40.5 Å². The van der Waals surface area contributed by atoms with Crippen molar-refractivity contribution in [3.63, 3.8) is 0 Å². The number of rotatable bonds is 17. The van der Waals surface area contributed by atoms with Gasteiger partial charge in [0.2, 0.25) is 5.60 Å². The Morgan fingerprint density at radius 2 is 1.18 bits per heavy atom. The number of thiazole rings is 1. The SMILES string of the molecule is O=C(OCc1ccc([N+](=O)[O-])cc1)C1=C(Cl)CC[C@@H]2[C@H](NC(=O)/C(=N\OC(c3ccccc3)(c3ccccc3)c3ccccc3)c3csc(NC(c4ccccc4)(c4ccccc4)c4ccccc4)n3)C(=O)N12. The van der Waals surface area contributed by atoms with E-state index in [1.54, 1.807) is 5.38 Å². The number of fused-ring (bicyclic) bond motifs is 1. The van der Waals surface area contributed by atoms with Gasteiger partial charge in [-0.15, -0.1) is 11.3 Å². The predicted molar refractivity (Wildman–Crippen MR) is 279 cm³/mol. The minimum atomic E-state index is -1.38. The Labute approximate surface area is 429 Å². The first-order valence-corrected chi connectivity index (χ1v) is 24.7. The number of ether oxygens (including phenoxy) is 1. The molecule has 2 N–H and O–H groups in total. The molecular formula is C58H45ClN6O7S. The highest BCUT2D eigenvalue weighted by Gasteiger charge is 2.54. The highest BCUT2D eigenvalue weighted by molar-refractivity contribution is 7.14. The normalized spacial score (nSPS) is 15.7. The summed E-state index contributed by atoms with van der Waals surface area (Å²) in [6.45, 7) is -0.221. The van der Waals surface area contributed by atoms with Crippen LogP contribution in [0.4, 0.5) is 10.8 Å². The molecule has 13 nitrogen and oxygen atoms in total. The summed E-state index contributed by atoms with van der Waals surface area (Å²) >= 11 is 7.91. The van der Waals surface area contributed by atoms with E-state index in [0.717, 1.165) is 33.4 Å². The maximum atomic E-state index is 15.1. The third kappa shape index (κ3) is 9.37. The molecule has 15 heteroatoms. The van der Waals surface area contributed by atoms with Crippen molar-refractivity contribution < 1.29 is 28.9 Å². The molecule has 1 saturated heterocycles. The van der Waals surface area contributed by atoms with E-state index >= 15 is 4.79 Å². The van der Waals surface area contributed by atoms with Crippen LogP contribution in [-0.2, 0) is 41.7 Å². The Hall–Kier alpha value is -8.72. The highest BCUT2D eigenvalue weighted by Crippen LogP contribution is 2.43. The van der Waals surface area contributed by atoms with Crippen molar-refractivity contribution in [2.75, 3.05) is 5.32 Å². The summed E-state index contributed by atoms with van der Waals surface area (Å²) in [5, 5.41) is 25.0. The molecule has 8 aromatic rings. The van der Waals surface area contributed by atoms with Gasteiger partial charge in [-0.25, -0.2) is 9.78 Å². The number of non-ortho nitro benzene ring substituents is 1. The number of esters is 1. The maximum Gasteiger partial charge on any atom is 0.356 e. The fourth-order valence-electron chi connectivity index (χ4n) is 9.52. The number of nitro benzene ring substituents is 1. The van der Waals surface area contributed by atoms with Gasteiger partial charge in [-0.2, -0.15) is 0 Å². The van der Waals surface area contributed by atoms with Crippen molar-refractivity contribution in [1.29, 1.82) is 0 Å². The minimum Gasteiger partial charge on any atom is -0.456 e. The lowest BCUT2D eigenvalue weighted by molar-refractivity contribution is -0.384. The number of nitro groups is 1. The monoisotopic (exact) mass is 1000 g/mol. The molecule has 0 spiro atoms. The Morgan fingerprint density at radius 3 is 1.64 bits per heavy atom. The minimum absolute atomic E-state index is 0.110. The highest BCUT2D eigenvalue weighted by atomic mass is 35.5. The molecule has 0 aliphatic carbocycles. The first-order valence-electron chi connectivity index (χ1n) is 23.4. The Balaban J connectivity index is 1.02. The molecule has 2 aliphatic heterocycles.